The molecule has 0 aliphatic rings. The second-order valence-corrected chi connectivity index (χ2v) is 4.36. The molecule has 0 unspecified atom stereocenters. The van der Waals surface area contributed by atoms with Crippen LogP contribution in [0, 0.1) is 5.82 Å². The number of carbonyl (C=O) groups is 1. The lowest BCUT2D eigenvalue weighted by Gasteiger charge is -2.07. The average molecular weight is 302 g/mol. The summed E-state index contributed by atoms with van der Waals surface area (Å²) in [6, 6.07) is 5.33. The van der Waals surface area contributed by atoms with Crippen LogP contribution in [-0.2, 0) is 0 Å². The predicted molar refractivity (Wildman–Crippen MR) is 67.7 cm³/mol. The summed E-state index contributed by atoms with van der Waals surface area (Å²) in [4.78, 5) is 14.4. The van der Waals surface area contributed by atoms with Crippen molar-refractivity contribution in [2.45, 2.75) is 0 Å². The molecule has 19 heavy (non-hydrogen) atoms. The molecule has 2 rings (SSSR count). The number of halogens is 3. The number of hydrogen-bond donors (Lipinski definition) is 1. The highest BCUT2D eigenvalue weighted by atomic mass is 35.5. The first-order valence-corrected chi connectivity index (χ1v) is 5.74. The first kappa shape index (κ1) is 13.6. The first-order valence-electron chi connectivity index (χ1n) is 4.99. The van der Waals surface area contributed by atoms with Crippen LogP contribution in [0.2, 0.25) is 10.0 Å². The topological polar surface area (TPSA) is 59.4 Å². The van der Waals surface area contributed by atoms with Crippen LogP contribution in [0.1, 0.15) is 10.4 Å². The van der Waals surface area contributed by atoms with Gasteiger partial charge in [0.05, 0.1) is 0 Å². The molecule has 0 aliphatic carbocycles. The summed E-state index contributed by atoms with van der Waals surface area (Å²) < 4.78 is 18.9. The molecule has 0 amide bonds. The van der Waals surface area contributed by atoms with Gasteiger partial charge in [0.1, 0.15) is 11.3 Å². The van der Waals surface area contributed by atoms with Crippen molar-refractivity contribution in [3.05, 3.63) is 51.9 Å². The van der Waals surface area contributed by atoms with Gasteiger partial charge >= 0.3 is 5.97 Å². The maximum absolute atomic E-state index is 13.8. The highest BCUT2D eigenvalue weighted by molar-refractivity contribution is 6.34. The van der Waals surface area contributed by atoms with E-state index in [2.05, 4.69) is 4.98 Å². The summed E-state index contributed by atoms with van der Waals surface area (Å²) in [5, 5.41) is 9.38. The van der Waals surface area contributed by atoms with Gasteiger partial charge in [0, 0.05) is 16.2 Å². The van der Waals surface area contributed by atoms with Crippen LogP contribution in [-0.4, -0.2) is 16.1 Å². The van der Waals surface area contributed by atoms with E-state index in [1.807, 2.05) is 0 Å². The third kappa shape index (κ3) is 3.13. The zero-order chi connectivity index (χ0) is 14.0. The second-order valence-electron chi connectivity index (χ2n) is 3.49. The van der Waals surface area contributed by atoms with Gasteiger partial charge in [-0.25, -0.2) is 14.2 Å². The number of pyridine rings is 1. The second kappa shape index (κ2) is 5.42. The summed E-state index contributed by atoms with van der Waals surface area (Å²) in [7, 11) is 0. The SMILES string of the molecule is O=C(O)c1ccnc(Oc2cc(Cl)cc(Cl)c2)c1F. The maximum atomic E-state index is 13.8. The molecule has 0 bridgehead atoms. The standard InChI is InChI=1S/C12H6Cl2FNO3/c13-6-3-7(14)5-8(4-6)19-11-10(15)9(12(17)18)1-2-16-11/h1-5H,(H,17,18). The van der Waals surface area contributed by atoms with Crippen molar-refractivity contribution in [3.63, 3.8) is 0 Å². The molecule has 4 nitrogen and oxygen atoms in total. The lowest BCUT2D eigenvalue weighted by atomic mass is 10.2. The number of rotatable bonds is 3. The molecule has 1 heterocycles. The number of ether oxygens (including phenoxy) is 1. The first-order chi connectivity index (χ1) is 8.97. The normalized spacial score (nSPS) is 10.3. The lowest BCUT2D eigenvalue weighted by molar-refractivity contribution is 0.0690. The molecule has 0 radical (unpaired) electrons. The van der Waals surface area contributed by atoms with Crippen LogP contribution in [0.25, 0.3) is 0 Å². The van der Waals surface area contributed by atoms with E-state index in [0.29, 0.717) is 10.0 Å². The van der Waals surface area contributed by atoms with Gasteiger partial charge < -0.3 is 9.84 Å². The van der Waals surface area contributed by atoms with Gasteiger partial charge in [0.2, 0.25) is 0 Å². The fraction of sp³-hybridized carbons (Fsp3) is 0. The molecule has 0 aliphatic heterocycles. The van der Waals surface area contributed by atoms with Crippen molar-refractivity contribution in [2.24, 2.45) is 0 Å². The largest absolute Gasteiger partial charge is 0.478 e. The van der Waals surface area contributed by atoms with E-state index in [0.717, 1.165) is 12.3 Å². The minimum Gasteiger partial charge on any atom is -0.478 e. The van der Waals surface area contributed by atoms with Crippen LogP contribution in [0.4, 0.5) is 4.39 Å². The fourth-order valence-corrected chi connectivity index (χ4v) is 1.87. The molecule has 2 aromatic rings. The molecule has 0 spiro atoms. The van der Waals surface area contributed by atoms with Crippen molar-refractivity contribution < 1.29 is 19.0 Å². The summed E-state index contributed by atoms with van der Waals surface area (Å²) in [6.07, 6.45) is 1.13. The Morgan fingerprint density at radius 1 is 1.26 bits per heavy atom. The Bertz CT molecular complexity index is 629. The number of carboxylic acids is 1. The quantitative estimate of drug-likeness (QED) is 0.930. The Morgan fingerprint density at radius 3 is 2.47 bits per heavy atom. The third-order valence-corrected chi connectivity index (χ3v) is 2.57. The Balaban J connectivity index is 2.38. The van der Waals surface area contributed by atoms with E-state index in [-0.39, 0.29) is 5.75 Å². The average Bonchev–Trinajstić information content (AvgIpc) is 2.30. The summed E-state index contributed by atoms with van der Waals surface area (Å²) in [5.41, 5.74) is -0.530. The maximum Gasteiger partial charge on any atom is 0.338 e. The number of carboxylic acid groups (broad SMARTS) is 1. The molecule has 1 aromatic heterocycles. The van der Waals surface area contributed by atoms with Gasteiger partial charge in [-0.2, -0.15) is 0 Å². The molecular formula is C12H6Cl2FNO3. The highest BCUT2D eigenvalue weighted by Crippen LogP contribution is 2.29. The number of benzene rings is 1. The molecule has 0 fully saturated rings. The Morgan fingerprint density at radius 2 is 1.89 bits per heavy atom. The van der Waals surface area contributed by atoms with E-state index in [4.69, 9.17) is 33.0 Å². The van der Waals surface area contributed by atoms with E-state index >= 15 is 0 Å². The molecular weight excluding hydrogens is 296 g/mol. The summed E-state index contributed by atoms with van der Waals surface area (Å²) in [6.45, 7) is 0. The van der Waals surface area contributed by atoms with Crippen LogP contribution in [0.15, 0.2) is 30.5 Å². The molecule has 0 atom stereocenters. The van der Waals surface area contributed by atoms with Gasteiger partial charge in [-0.15, -0.1) is 0 Å². The van der Waals surface area contributed by atoms with E-state index in [1.54, 1.807) is 0 Å². The summed E-state index contributed by atoms with van der Waals surface area (Å²) in [5.74, 6) is -2.77. The van der Waals surface area contributed by atoms with Gasteiger partial charge in [-0.05, 0) is 24.3 Å². The van der Waals surface area contributed by atoms with Crippen molar-refractivity contribution in [1.29, 1.82) is 0 Å². The van der Waals surface area contributed by atoms with Crippen molar-refractivity contribution in [3.8, 4) is 11.6 Å². The number of hydrogen-bond acceptors (Lipinski definition) is 3. The van der Waals surface area contributed by atoms with E-state index in [9.17, 15) is 9.18 Å². The molecule has 98 valence electrons. The van der Waals surface area contributed by atoms with Gasteiger partial charge in [-0.3, -0.25) is 0 Å². The van der Waals surface area contributed by atoms with Gasteiger partial charge in [0.25, 0.3) is 5.88 Å². The molecule has 1 aromatic carbocycles. The molecule has 0 saturated heterocycles. The lowest BCUT2D eigenvalue weighted by Crippen LogP contribution is -2.03. The van der Waals surface area contributed by atoms with Gasteiger partial charge in [0.15, 0.2) is 5.82 Å². The zero-order valence-electron chi connectivity index (χ0n) is 9.23. The predicted octanol–water partition coefficient (Wildman–Crippen LogP) is 4.02. The van der Waals surface area contributed by atoms with Crippen molar-refractivity contribution >= 4 is 29.2 Å². The summed E-state index contributed by atoms with van der Waals surface area (Å²) >= 11 is 11.5. The minimum atomic E-state index is -1.41. The van der Waals surface area contributed by atoms with Crippen LogP contribution >= 0.6 is 23.2 Å². The smallest absolute Gasteiger partial charge is 0.338 e. The molecule has 1 N–H and O–H groups in total. The van der Waals surface area contributed by atoms with Crippen LogP contribution in [0.3, 0.4) is 0 Å². The Hall–Kier alpha value is -1.85. The van der Waals surface area contributed by atoms with Crippen molar-refractivity contribution in [2.75, 3.05) is 0 Å². The van der Waals surface area contributed by atoms with Crippen molar-refractivity contribution in [1.82, 2.24) is 4.98 Å². The number of aromatic carboxylic acids is 1. The molecule has 0 saturated carbocycles. The number of nitrogens with zero attached hydrogens (tertiary/aromatic N) is 1. The van der Waals surface area contributed by atoms with E-state index < -0.39 is 23.2 Å². The van der Waals surface area contributed by atoms with Crippen LogP contribution in [0.5, 0.6) is 11.6 Å². The number of aromatic nitrogens is 1. The molecule has 7 heteroatoms. The Labute approximate surface area is 117 Å². The fourth-order valence-electron chi connectivity index (χ4n) is 1.36. The highest BCUT2D eigenvalue weighted by Gasteiger charge is 2.17. The minimum absolute atomic E-state index is 0.159. The third-order valence-electron chi connectivity index (χ3n) is 2.14. The van der Waals surface area contributed by atoms with Gasteiger partial charge in [-0.1, -0.05) is 23.2 Å². The monoisotopic (exact) mass is 301 g/mol. The Kier molecular flexibility index (Phi) is 3.87. The van der Waals surface area contributed by atoms with E-state index in [1.165, 1.54) is 18.2 Å². The zero-order valence-corrected chi connectivity index (χ0v) is 10.7. The van der Waals surface area contributed by atoms with Crippen LogP contribution < -0.4 is 4.74 Å².